The van der Waals surface area contributed by atoms with Gasteiger partial charge in [0.1, 0.15) is 5.69 Å². The van der Waals surface area contributed by atoms with Crippen molar-refractivity contribution >= 4 is 17.5 Å². The zero-order valence-corrected chi connectivity index (χ0v) is 13.5. The number of amides is 1. The first kappa shape index (κ1) is 16.0. The van der Waals surface area contributed by atoms with Crippen molar-refractivity contribution in [3.63, 3.8) is 0 Å². The Morgan fingerprint density at radius 2 is 2.13 bits per heavy atom. The van der Waals surface area contributed by atoms with Crippen LogP contribution in [0, 0.1) is 0 Å². The molecule has 0 aliphatic carbocycles. The minimum absolute atomic E-state index is 0.225. The molecule has 2 aromatic rings. The van der Waals surface area contributed by atoms with Crippen LogP contribution < -0.4 is 5.32 Å². The van der Waals surface area contributed by atoms with Crippen LogP contribution in [0.2, 0.25) is 5.02 Å². The smallest absolute Gasteiger partial charge is 0.269 e. The normalized spacial score (nSPS) is 16.4. The van der Waals surface area contributed by atoms with Gasteiger partial charge in [0.25, 0.3) is 5.91 Å². The van der Waals surface area contributed by atoms with Crippen LogP contribution in [0.1, 0.15) is 23.8 Å². The van der Waals surface area contributed by atoms with Crippen molar-refractivity contribution in [1.29, 1.82) is 0 Å². The summed E-state index contributed by atoms with van der Waals surface area (Å²) < 4.78 is 11.0. The van der Waals surface area contributed by atoms with E-state index in [1.165, 1.54) is 0 Å². The Morgan fingerprint density at radius 3 is 2.87 bits per heavy atom. The predicted molar refractivity (Wildman–Crippen MR) is 86.3 cm³/mol. The monoisotopic (exact) mass is 335 g/mol. The summed E-state index contributed by atoms with van der Waals surface area (Å²) in [4.78, 5) is 12.2. The Kier molecular flexibility index (Phi) is 4.66. The Labute approximate surface area is 139 Å². The number of hydrogen-bond acceptors (Lipinski definition) is 4. The highest BCUT2D eigenvalue weighted by molar-refractivity contribution is 6.33. The summed E-state index contributed by atoms with van der Waals surface area (Å²) in [6, 6.07) is 9.04. The molecule has 2 heterocycles. The fraction of sp³-hybridized carbons (Fsp3) is 0.375. The number of ether oxygens (including phenoxy) is 2. The molecule has 0 unspecified atom stereocenters. The van der Waals surface area contributed by atoms with Gasteiger partial charge >= 0.3 is 0 Å². The Balaban J connectivity index is 1.59. The van der Waals surface area contributed by atoms with E-state index in [0.717, 1.165) is 5.56 Å². The van der Waals surface area contributed by atoms with Crippen LogP contribution in [0.25, 0.3) is 11.3 Å². The topological polar surface area (TPSA) is 76.2 Å². The number of nitrogens with zero attached hydrogens (tertiary/aromatic N) is 1. The van der Waals surface area contributed by atoms with Crippen LogP contribution in [-0.4, -0.2) is 41.7 Å². The third kappa shape index (κ3) is 3.72. The van der Waals surface area contributed by atoms with Crippen molar-refractivity contribution in [2.45, 2.75) is 19.1 Å². The van der Waals surface area contributed by atoms with E-state index in [4.69, 9.17) is 21.1 Å². The molecular weight excluding hydrogens is 318 g/mol. The van der Waals surface area contributed by atoms with Crippen molar-refractivity contribution < 1.29 is 14.3 Å². The summed E-state index contributed by atoms with van der Waals surface area (Å²) >= 11 is 6.14. The fourth-order valence-corrected chi connectivity index (χ4v) is 2.68. The molecule has 3 rings (SSSR count). The molecule has 122 valence electrons. The lowest BCUT2D eigenvalue weighted by atomic mass is 10.1. The predicted octanol–water partition coefficient (Wildman–Crippen LogP) is 2.61. The highest BCUT2D eigenvalue weighted by atomic mass is 35.5. The number of nitrogens with one attached hydrogen (secondary N) is 2. The molecule has 1 aromatic carbocycles. The molecule has 0 spiro atoms. The van der Waals surface area contributed by atoms with Gasteiger partial charge in [0.2, 0.25) is 0 Å². The number of benzene rings is 1. The summed E-state index contributed by atoms with van der Waals surface area (Å²) in [5.74, 6) is -0.832. The largest absolute Gasteiger partial charge is 0.351 e. The average Bonchev–Trinajstić information content (AvgIpc) is 3.17. The zero-order chi connectivity index (χ0) is 16.3. The van der Waals surface area contributed by atoms with E-state index in [9.17, 15) is 4.79 Å². The van der Waals surface area contributed by atoms with Gasteiger partial charge in [-0.2, -0.15) is 5.10 Å². The highest BCUT2D eigenvalue weighted by Gasteiger charge is 2.30. The van der Waals surface area contributed by atoms with Crippen molar-refractivity contribution in [2.75, 3.05) is 19.8 Å². The minimum atomic E-state index is -0.607. The molecule has 0 radical (unpaired) electrons. The zero-order valence-electron chi connectivity index (χ0n) is 12.8. The van der Waals surface area contributed by atoms with E-state index in [1.54, 1.807) is 12.1 Å². The van der Waals surface area contributed by atoms with E-state index in [2.05, 4.69) is 15.5 Å². The molecule has 1 saturated heterocycles. The van der Waals surface area contributed by atoms with Crippen molar-refractivity contribution in [1.82, 2.24) is 15.5 Å². The van der Waals surface area contributed by atoms with E-state index in [0.29, 0.717) is 42.6 Å². The quantitative estimate of drug-likeness (QED) is 0.880. The van der Waals surface area contributed by atoms with Gasteiger partial charge in [-0.1, -0.05) is 29.8 Å². The second-order valence-electron chi connectivity index (χ2n) is 5.48. The van der Waals surface area contributed by atoms with Gasteiger partial charge in [-0.05, 0) is 19.1 Å². The molecule has 2 N–H and O–H groups in total. The first-order valence-corrected chi connectivity index (χ1v) is 7.82. The van der Waals surface area contributed by atoms with Gasteiger partial charge < -0.3 is 14.8 Å². The van der Waals surface area contributed by atoms with Crippen molar-refractivity contribution in [3.8, 4) is 11.3 Å². The molecule has 1 fully saturated rings. The number of carbonyl (C=O) groups excluding carboxylic acids is 1. The minimum Gasteiger partial charge on any atom is -0.351 e. The molecule has 0 saturated carbocycles. The Morgan fingerprint density at radius 1 is 1.39 bits per heavy atom. The average molecular weight is 336 g/mol. The van der Waals surface area contributed by atoms with Crippen LogP contribution in [0.4, 0.5) is 0 Å². The summed E-state index contributed by atoms with van der Waals surface area (Å²) in [6.07, 6.45) is 0.588. The maximum Gasteiger partial charge on any atom is 0.269 e. The third-order valence-corrected chi connectivity index (χ3v) is 4.06. The van der Waals surface area contributed by atoms with E-state index in [1.807, 2.05) is 25.1 Å². The summed E-state index contributed by atoms with van der Waals surface area (Å²) in [5.41, 5.74) is 1.80. The SMILES string of the molecule is CC1(CCNC(=O)c2cc(-c3ccccc3Cl)n[nH]2)OCCO1. The van der Waals surface area contributed by atoms with Gasteiger partial charge in [-0.25, -0.2) is 0 Å². The molecule has 6 nitrogen and oxygen atoms in total. The van der Waals surface area contributed by atoms with E-state index in [-0.39, 0.29) is 5.91 Å². The lowest BCUT2D eigenvalue weighted by Gasteiger charge is -2.21. The first-order chi connectivity index (χ1) is 11.1. The lowest BCUT2D eigenvalue weighted by molar-refractivity contribution is -0.145. The maximum absolute atomic E-state index is 12.2. The molecule has 1 aliphatic heterocycles. The second kappa shape index (κ2) is 6.70. The third-order valence-electron chi connectivity index (χ3n) is 3.74. The standard InChI is InChI=1S/C16H18ClN3O3/c1-16(22-8-9-23-16)6-7-18-15(21)14-10-13(19-20-14)11-4-2-3-5-12(11)17/h2-5,10H,6-9H2,1H3,(H,18,21)(H,19,20). The summed E-state index contributed by atoms with van der Waals surface area (Å²) in [5, 5.41) is 10.3. The number of hydrogen-bond donors (Lipinski definition) is 2. The molecule has 23 heavy (non-hydrogen) atoms. The molecule has 1 aromatic heterocycles. The molecule has 1 amide bonds. The number of aromatic nitrogens is 2. The van der Waals surface area contributed by atoms with E-state index >= 15 is 0 Å². The van der Waals surface area contributed by atoms with Gasteiger partial charge in [0, 0.05) is 18.5 Å². The summed E-state index contributed by atoms with van der Waals surface area (Å²) in [6.45, 7) is 3.51. The van der Waals surface area contributed by atoms with Gasteiger partial charge in [-0.3, -0.25) is 9.89 Å². The van der Waals surface area contributed by atoms with Crippen LogP contribution in [0.15, 0.2) is 30.3 Å². The van der Waals surface area contributed by atoms with Gasteiger partial charge in [0.05, 0.1) is 23.9 Å². The first-order valence-electron chi connectivity index (χ1n) is 7.44. The van der Waals surface area contributed by atoms with Crippen molar-refractivity contribution in [2.24, 2.45) is 0 Å². The molecule has 7 heteroatoms. The van der Waals surface area contributed by atoms with Crippen LogP contribution in [0.3, 0.4) is 0 Å². The number of aromatic amines is 1. The van der Waals surface area contributed by atoms with Gasteiger partial charge in [0.15, 0.2) is 5.79 Å². The van der Waals surface area contributed by atoms with Crippen LogP contribution in [0.5, 0.6) is 0 Å². The number of rotatable bonds is 5. The fourth-order valence-electron chi connectivity index (χ4n) is 2.44. The lowest BCUT2D eigenvalue weighted by Crippen LogP contribution is -2.33. The number of carbonyl (C=O) groups is 1. The highest BCUT2D eigenvalue weighted by Crippen LogP contribution is 2.26. The molecule has 1 aliphatic rings. The second-order valence-corrected chi connectivity index (χ2v) is 5.89. The van der Waals surface area contributed by atoms with E-state index < -0.39 is 5.79 Å². The van der Waals surface area contributed by atoms with Crippen LogP contribution in [-0.2, 0) is 9.47 Å². The summed E-state index contributed by atoms with van der Waals surface area (Å²) in [7, 11) is 0. The molecule has 0 bridgehead atoms. The number of halogens is 1. The van der Waals surface area contributed by atoms with Gasteiger partial charge in [-0.15, -0.1) is 0 Å². The Hall–Kier alpha value is -1.89. The van der Waals surface area contributed by atoms with Crippen LogP contribution >= 0.6 is 11.6 Å². The molecule has 0 atom stereocenters. The Bertz CT molecular complexity index is 695. The molecular formula is C16H18ClN3O3. The number of H-pyrrole nitrogens is 1. The maximum atomic E-state index is 12.2. The van der Waals surface area contributed by atoms with Crippen molar-refractivity contribution in [3.05, 3.63) is 41.0 Å².